The lowest BCUT2D eigenvalue weighted by molar-refractivity contribution is -0.0330. The van der Waals surface area contributed by atoms with Gasteiger partial charge in [0.2, 0.25) is 0 Å². The first kappa shape index (κ1) is 21.2. The molecular formula is C24H27FN4O2. The van der Waals surface area contributed by atoms with Gasteiger partial charge in [-0.25, -0.2) is 9.37 Å². The molecule has 6 nitrogen and oxygen atoms in total. The molecule has 1 aliphatic rings. The SMILES string of the molecule is Cc1cccc(Nc2ccc([C@H]3CN(CCCOc4ccccc4F)CCO3)nc2)n1. The fraction of sp³-hybridized carbons (Fsp3) is 0.333. The van der Waals surface area contributed by atoms with E-state index in [-0.39, 0.29) is 11.9 Å². The fourth-order valence-electron chi connectivity index (χ4n) is 3.55. The quantitative estimate of drug-likeness (QED) is 0.539. The first-order valence-electron chi connectivity index (χ1n) is 10.6. The molecule has 0 unspecified atom stereocenters. The van der Waals surface area contributed by atoms with Crippen LogP contribution in [-0.2, 0) is 4.74 Å². The van der Waals surface area contributed by atoms with E-state index in [0.29, 0.717) is 19.0 Å². The average molecular weight is 423 g/mol. The molecule has 2 aromatic heterocycles. The van der Waals surface area contributed by atoms with E-state index >= 15 is 0 Å². The Balaban J connectivity index is 1.25. The summed E-state index contributed by atoms with van der Waals surface area (Å²) in [6.45, 7) is 5.62. The molecule has 0 amide bonds. The maximum atomic E-state index is 13.6. The molecule has 7 heteroatoms. The summed E-state index contributed by atoms with van der Waals surface area (Å²) in [4.78, 5) is 11.4. The Hall–Kier alpha value is -3.03. The van der Waals surface area contributed by atoms with Gasteiger partial charge in [-0.05, 0) is 49.7 Å². The zero-order valence-electron chi connectivity index (χ0n) is 17.6. The zero-order chi connectivity index (χ0) is 21.5. The lowest BCUT2D eigenvalue weighted by atomic mass is 10.1. The highest BCUT2D eigenvalue weighted by Gasteiger charge is 2.22. The number of aryl methyl sites for hydroxylation is 1. The van der Waals surface area contributed by atoms with Crippen molar-refractivity contribution in [3.8, 4) is 5.75 Å². The van der Waals surface area contributed by atoms with Crippen LogP contribution in [0.15, 0.2) is 60.8 Å². The predicted octanol–water partition coefficient (Wildman–Crippen LogP) is 4.51. The van der Waals surface area contributed by atoms with Gasteiger partial charge in [0, 0.05) is 25.3 Å². The molecule has 1 atom stereocenters. The Kier molecular flexibility index (Phi) is 7.07. The van der Waals surface area contributed by atoms with E-state index in [1.54, 1.807) is 18.2 Å². The second-order valence-electron chi connectivity index (χ2n) is 7.55. The molecular weight excluding hydrogens is 395 g/mol. The third-order valence-corrected chi connectivity index (χ3v) is 5.14. The summed E-state index contributed by atoms with van der Waals surface area (Å²) in [6, 6.07) is 16.3. The predicted molar refractivity (Wildman–Crippen MR) is 118 cm³/mol. The van der Waals surface area contributed by atoms with Crippen molar-refractivity contribution in [3.63, 3.8) is 0 Å². The van der Waals surface area contributed by atoms with E-state index in [4.69, 9.17) is 9.47 Å². The zero-order valence-corrected chi connectivity index (χ0v) is 17.6. The third-order valence-electron chi connectivity index (χ3n) is 5.14. The van der Waals surface area contributed by atoms with Gasteiger partial charge in [-0.1, -0.05) is 18.2 Å². The smallest absolute Gasteiger partial charge is 0.165 e. The molecule has 3 heterocycles. The van der Waals surface area contributed by atoms with Crippen molar-refractivity contribution in [1.82, 2.24) is 14.9 Å². The van der Waals surface area contributed by atoms with Gasteiger partial charge < -0.3 is 14.8 Å². The standard InChI is InChI=1S/C24H27FN4O2/c1-18-6-4-9-24(27-18)28-19-10-11-21(26-16-19)23-17-29(13-15-31-23)12-5-14-30-22-8-3-2-7-20(22)25/h2-4,6-11,16,23H,5,12-15,17H2,1H3,(H,27,28)/t23-/m1/s1. The van der Waals surface area contributed by atoms with Crippen LogP contribution < -0.4 is 10.1 Å². The van der Waals surface area contributed by atoms with E-state index in [1.807, 2.05) is 43.5 Å². The number of pyridine rings is 2. The minimum absolute atomic E-state index is 0.0626. The number of rotatable bonds is 8. The number of nitrogens with zero attached hydrogens (tertiary/aromatic N) is 3. The van der Waals surface area contributed by atoms with Gasteiger partial charge in [0.05, 0.1) is 30.8 Å². The largest absolute Gasteiger partial charge is 0.490 e. The number of anilines is 2. The molecule has 0 saturated carbocycles. The van der Waals surface area contributed by atoms with Crippen LogP contribution in [0.2, 0.25) is 0 Å². The van der Waals surface area contributed by atoms with Crippen molar-refractivity contribution in [2.24, 2.45) is 0 Å². The van der Waals surface area contributed by atoms with Crippen LogP contribution in [0.5, 0.6) is 5.75 Å². The highest BCUT2D eigenvalue weighted by molar-refractivity contribution is 5.54. The molecule has 1 aromatic carbocycles. The maximum absolute atomic E-state index is 13.6. The summed E-state index contributed by atoms with van der Waals surface area (Å²) in [5, 5.41) is 3.27. The second-order valence-corrected chi connectivity index (χ2v) is 7.55. The van der Waals surface area contributed by atoms with Crippen LogP contribution in [0.3, 0.4) is 0 Å². The Morgan fingerprint density at radius 2 is 2.06 bits per heavy atom. The van der Waals surface area contributed by atoms with Crippen LogP contribution in [0, 0.1) is 12.7 Å². The lowest BCUT2D eigenvalue weighted by Crippen LogP contribution is -2.39. The number of hydrogen-bond donors (Lipinski definition) is 1. The van der Waals surface area contributed by atoms with Crippen LogP contribution in [0.25, 0.3) is 0 Å². The Morgan fingerprint density at radius 3 is 2.87 bits per heavy atom. The first-order valence-corrected chi connectivity index (χ1v) is 10.6. The van der Waals surface area contributed by atoms with E-state index < -0.39 is 0 Å². The van der Waals surface area contributed by atoms with Crippen molar-refractivity contribution in [2.75, 3.05) is 38.2 Å². The Bertz CT molecular complexity index is 983. The molecule has 31 heavy (non-hydrogen) atoms. The summed E-state index contributed by atoms with van der Waals surface area (Å²) in [5.74, 6) is 0.782. The lowest BCUT2D eigenvalue weighted by Gasteiger charge is -2.32. The first-order chi connectivity index (χ1) is 15.2. The van der Waals surface area contributed by atoms with Crippen LogP contribution >= 0.6 is 0 Å². The molecule has 0 radical (unpaired) electrons. The second kappa shape index (κ2) is 10.3. The van der Waals surface area contributed by atoms with Gasteiger partial charge in [-0.2, -0.15) is 0 Å². The number of benzene rings is 1. The summed E-state index contributed by atoms with van der Waals surface area (Å²) in [6.07, 6.45) is 2.57. The van der Waals surface area contributed by atoms with Gasteiger partial charge >= 0.3 is 0 Å². The van der Waals surface area contributed by atoms with E-state index in [1.165, 1.54) is 6.07 Å². The van der Waals surface area contributed by atoms with Crippen LogP contribution in [0.4, 0.5) is 15.9 Å². The highest BCUT2D eigenvalue weighted by atomic mass is 19.1. The van der Waals surface area contributed by atoms with Crippen molar-refractivity contribution in [1.29, 1.82) is 0 Å². The van der Waals surface area contributed by atoms with Gasteiger partial charge in [0.25, 0.3) is 0 Å². The maximum Gasteiger partial charge on any atom is 0.165 e. The molecule has 0 aliphatic carbocycles. The summed E-state index contributed by atoms with van der Waals surface area (Å²) in [7, 11) is 0. The van der Waals surface area contributed by atoms with Gasteiger partial charge in [-0.15, -0.1) is 0 Å². The summed E-state index contributed by atoms with van der Waals surface area (Å²) < 4.78 is 25.1. The topological polar surface area (TPSA) is 59.5 Å². The van der Waals surface area contributed by atoms with Crippen molar-refractivity contribution in [2.45, 2.75) is 19.4 Å². The monoisotopic (exact) mass is 422 g/mol. The van der Waals surface area contributed by atoms with E-state index in [2.05, 4.69) is 20.2 Å². The number of ether oxygens (including phenoxy) is 2. The third kappa shape index (κ3) is 5.99. The molecule has 3 aromatic rings. The fourth-order valence-corrected chi connectivity index (χ4v) is 3.55. The number of para-hydroxylation sites is 1. The van der Waals surface area contributed by atoms with E-state index in [9.17, 15) is 4.39 Å². The normalized spacial score (nSPS) is 16.8. The number of halogens is 1. The molecule has 0 spiro atoms. The number of hydrogen-bond acceptors (Lipinski definition) is 6. The Morgan fingerprint density at radius 1 is 1.16 bits per heavy atom. The van der Waals surface area contributed by atoms with Crippen LogP contribution in [0.1, 0.15) is 23.9 Å². The number of nitrogens with one attached hydrogen (secondary N) is 1. The van der Waals surface area contributed by atoms with Crippen LogP contribution in [-0.4, -0.2) is 47.7 Å². The van der Waals surface area contributed by atoms with Crippen molar-refractivity contribution >= 4 is 11.5 Å². The summed E-state index contributed by atoms with van der Waals surface area (Å²) >= 11 is 0. The molecule has 0 bridgehead atoms. The highest BCUT2D eigenvalue weighted by Crippen LogP contribution is 2.23. The number of morpholine rings is 1. The van der Waals surface area contributed by atoms with Crippen molar-refractivity contribution in [3.05, 3.63) is 78.0 Å². The minimum Gasteiger partial charge on any atom is -0.490 e. The van der Waals surface area contributed by atoms with E-state index in [0.717, 1.165) is 48.9 Å². The molecule has 1 N–H and O–H groups in total. The molecule has 162 valence electrons. The van der Waals surface area contributed by atoms with Gasteiger partial charge in [0.15, 0.2) is 11.6 Å². The average Bonchev–Trinajstić information content (AvgIpc) is 2.79. The summed E-state index contributed by atoms with van der Waals surface area (Å²) in [5.41, 5.74) is 2.76. The van der Waals surface area contributed by atoms with Gasteiger partial charge in [0.1, 0.15) is 11.9 Å². The van der Waals surface area contributed by atoms with Crippen molar-refractivity contribution < 1.29 is 13.9 Å². The molecule has 4 rings (SSSR count). The Labute approximate surface area is 182 Å². The minimum atomic E-state index is -0.323. The van der Waals surface area contributed by atoms with Gasteiger partial charge in [-0.3, -0.25) is 9.88 Å². The number of aromatic nitrogens is 2. The molecule has 1 fully saturated rings. The molecule has 1 saturated heterocycles. The molecule has 1 aliphatic heterocycles.